The second kappa shape index (κ2) is 7.83. The van der Waals surface area contributed by atoms with E-state index >= 15 is 0 Å². The number of carbonyl (C=O) groups is 2. The van der Waals surface area contributed by atoms with E-state index < -0.39 is 0 Å². The van der Waals surface area contributed by atoms with Crippen LogP contribution in [0.3, 0.4) is 0 Å². The Balaban J connectivity index is 1.42. The number of furan rings is 1. The number of nitrogens with one attached hydrogen (secondary N) is 2. The first kappa shape index (κ1) is 17.0. The average molecular weight is 345 g/mol. The molecule has 1 atom stereocenters. The van der Waals surface area contributed by atoms with Crippen LogP contribution in [0.2, 0.25) is 0 Å². The Morgan fingerprint density at radius 2 is 2.04 bits per heavy atom. The number of rotatable bonds is 5. The van der Waals surface area contributed by atoms with Crippen molar-refractivity contribution in [2.24, 2.45) is 0 Å². The number of urea groups is 1. The van der Waals surface area contributed by atoms with Crippen molar-refractivity contribution < 1.29 is 18.4 Å². The quantitative estimate of drug-likeness (QED) is 0.875. The maximum Gasteiger partial charge on any atom is 0.319 e. The summed E-state index contributed by atoms with van der Waals surface area (Å²) in [5.74, 6) is 0.492. The molecule has 7 heteroatoms. The number of hydrogen-bond acceptors (Lipinski definition) is 3. The Bertz CT molecular complexity index is 716. The fourth-order valence-electron chi connectivity index (χ4n) is 2.83. The van der Waals surface area contributed by atoms with Gasteiger partial charge in [-0.2, -0.15) is 0 Å². The number of likely N-dealkylation sites (tertiary alicyclic amines) is 1. The van der Waals surface area contributed by atoms with Crippen molar-refractivity contribution in [3.63, 3.8) is 0 Å². The molecule has 1 fully saturated rings. The third-order valence-corrected chi connectivity index (χ3v) is 4.14. The highest BCUT2D eigenvalue weighted by Gasteiger charge is 2.27. The first-order valence-electron chi connectivity index (χ1n) is 8.23. The molecule has 1 aromatic heterocycles. The molecule has 132 valence electrons. The van der Waals surface area contributed by atoms with Crippen molar-refractivity contribution >= 4 is 17.6 Å². The minimum absolute atomic E-state index is 0.0552. The van der Waals surface area contributed by atoms with Crippen LogP contribution in [0.1, 0.15) is 18.6 Å². The van der Waals surface area contributed by atoms with E-state index in [0.29, 0.717) is 38.0 Å². The average Bonchev–Trinajstić information content (AvgIpc) is 3.26. The van der Waals surface area contributed by atoms with Gasteiger partial charge in [0.25, 0.3) is 0 Å². The molecule has 1 aliphatic rings. The van der Waals surface area contributed by atoms with Crippen molar-refractivity contribution in [2.75, 3.05) is 18.4 Å². The highest BCUT2D eigenvalue weighted by Crippen LogP contribution is 2.13. The highest BCUT2D eigenvalue weighted by atomic mass is 19.1. The molecule has 0 unspecified atom stereocenters. The zero-order valence-electron chi connectivity index (χ0n) is 13.7. The molecule has 2 heterocycles. The van der Waals surface area contributed by atoms with Crippen molar-refractivity contribution in [2.45, 2.75) is 25.3 Å². The van der Waals surface area contributed by atoms with Gasteiger partial charge < -0.3 is 20.0 Å². The summed E-state index contributed by atoms with van der Waals surface area (Å²) < 4.78 is 18.1. The fourth-order valence-corrected chi connectivity index (χ4v) is 2.83. The monoisotopic (exact) mass is 345 g/mol. The van der Waals surface area contributed by atoms with E-state index in [-0.39, 0.29) is 23.8 Å². The summed E-state index contributed by atoms with van der Waals surface area (Å²) in [4.78, 5) is 26.0. The van der Waals surface area contributed by atoms with Gasteiger partial charge in [-0.05, 0) is 42.8 Å². The number of nitrogens with zero attached hydrogens (tertiary/aromatic N) is 1. The third-order valence-electron chi connectivity index (χ3n) is 4.14. The molecule has 1 aromatic carbocycles. The van der Waals surface area contributed by atoms with E-state index in [1.54, 1.807) is 17.2 Å². The zero-order chi connectivity index (χ0) is 17.6. The van der Waals surface area contributed by atoms with Crippen LogP contribution in [0.15, 0.2) is 47.1 Å². The van der Waals surface area contributed by atoms with Gasteiger partial charge in [-0.3, -0.25) is 4.79 Å². The first-order valence-corrected chi connectivity index (χ1v) is 8.23. The van der Waals surface area contributed by atoms with Crippen molar-refractivity contribution in [3.05, 3.63) is 54.2 Å². The van der Waals surface area contributed by atoms with Crippen LogP contribution in [-0.4, -0.2) is 36.0 Å². The Morgan fingerprint density at radius 3 is 2.76 bits per heavy atom. The summed E-state index contributed by atoms with van der Waals surface area (Å²) in [6.07, 6.45) is 3.27. The zero-order valence-corrected chi connectivity index (χ0v) is 13.7. The Hall–Kier alpha value is -2.83. The van der Waals surface area contributed by atoms with Crippen molar-refractivity contribution in [3.8, 4) is 0 Å². The molecule has 0 saturated carbocycles. The van der Waals surface area contributed by atoms with E-state index in [0.717, 1.165) is 5.76 Å². The number of benzene rings is 1. The predicted octanol–water partition coefficient (Wildman–Crippen LogP) is 2.77. The van der Waals surface area contributed by atoms with Gasteiger partial charge in [-0.15, -0.1) is 0 Å². The molecule has 0 bridgehead atoms. The minimum atomic E-state index is -0.360. The molecule has 6 nitrogen and oxygen atoms in total. The van der Waals surface area contributed by atoms with E-state index in [2.05, 4.69) is 10.6 Å². The van der Waals surface area contributed by atoms with Crippen LogP contribution >= 0.6 is 0 Å². The Kier molecular flexibility index (Phi) is 5.33. The second-order valence-corrected chi connectivity index (χ2v) is 6.01. The molecule has 0 radical (unpaired) electrons. The first-order chi connectivity index (χ1) is 12.1. The smallest absolute Gasteiger partial charge is 0.319 e. The molecule has 3 amide bonds. The molecule has 2 N–H and O–H groups in total. The molecular weight excluding hydrogens is 325 g/mol. The van der Waals surface area contributed by atoms with Crippen molar-refractivity contribution in [1.82, 2.24) is 10.2 Å². The normalized spacial score (nSPS) is 16.7. The topological polar surface area (TPSA) is 74.6 Å². The molecule has 3 rings (SSSR count). The summed E-state index contributed by atoms with van der Waals surface area (Å²) in [6.45, 7) is 1.12. The van der Waals surface area contributed by atoms with Gasteiger partial charge in [-0.25, -0.2) is 9.18 Å². The van der Waals surface area contributed by atoms with Gasteiger partial charge in [0.05, 0.1) is 6.26 Å². The molecule has 1 aliphatic heterocycles. The lowest BCUT2D eigenvalue weighted by molar-refractivity contribution is -0.130. The van der Waals surface area contributed by atoms with E-state index in [9.17, 15) is 14.0 Å². The number of halogens is 1. The molecule has 0 spiro atoms. The number of aryl methyl sites for hydroxylation is 1. The highest BCUT2D eigenvalue weighted by molar-refractivity contribution is 5.89. The SMILES string of the molecule is O=C(Nc1ccc(F)cc1)N[C@@H]1CCN(C(=O)CCc2ccco2)C1. The summed E-state index contributed by atoms with van der Waals surface area (Å²) in [5.41, 5.74) is 0.517. The van der Waals surface area contributed by atoms with E-state index in [1.165, 1.54) is 24.3 Å². The molecular formula is C18H20FN3O3. The minimum Gasteiger partial charge on any atom is -0.469 e. The predicted molar refractivity (Wildman–Crippen MR) is 90.6 cm³/mol. The van der Waals surface area contributed by atoms with Crippen LogP contribution in [-0.2, 0) is 11.2 Å². The second-order valence-electron chi connectivity index (χ2n) is 6.01. The summed E-state index contributed by atoms with van der Waals surface area (Å²) in [7, 11) is 0. The largest absolute Gasteiger partial charge is 0.469 e. The lowest BCUT2D eigenvalue weighted by Crippen LogP contribution is -2.40. The van der Waals surface area contributed by atoms with Crippen molar-refractivity contribution in [1.29, 1.82) is 0 Å². The van der Waals surface area contributed by atoms with Crippen LogP contribution in [0, 0.1) is 5.82 Å². The van der Waals surface area contributed by atoms with Gasteiger partial charge in [0.15, 0.2) is 0 Å². The summed E-state index contributed by atoms with van der Waals surface area (Å²) in [6, 6.07) is 8.75. The number of hydrogen-bond donors (Lipinski definition) is 2. The maximum atomic E-state index is 12.9. The lowest BCUT2D eigenvalue weighted by Gasteiger charge is -2.17. The fraction of sp³-hybridized carbons (Fsp3) is 0.333. The standard InChI is InChI=1S/C18H20FN3O3/c19-13-3-5-14(6-4-13)20-18(24)21-15-9-10-22(12-15)17(23)8-7-16-2-1-11-25-16/h1-6,11,15H,7-10,12H2,(H2,20,21,24)/t15-/m1/s1. The van der Waals surface area contributed by atoms with Gasteiger partial charge in [0.2, 0.25) is 5.91 Å². The Labute approximate surface area is 145 Å². The number of carbonyl (C=O) groups excluding carboxylic acids is 2. The van der Waals surface area contributed by atoms with Crippen LogP contribution in [0.25, 0.3) is 0 Å². The van der Waals surface area contributed by atoms with Gasteiger partial charge >= 0.3 is 6.03 Å². The number of anilines is 1. The Morgan fingerprint density at radius 1 is 1.24 bits per heavy atom. The number of amides is 3. The summed E-state index contributed by atoms with van der Waals surface area (Å²) >= 11 is 0. The lowest BCUT2D eigenvalue weighted by atomic mass is 10.2. The molecule has 2 aromatic rings. The van der Waals surface area contributed by atoms with Gasteiger partial charge in [-0.1, -0.05) is 0 Å². The van der Waals surface area contributed by atoms with Crippen LogP contribution in [0.4, 0.5) is 14.9 Å². The van der Waals surface area contributed by atoms with Gasteiger partial charge in [0.1, 0.15) is 11.6 Å². The molecule has 1 saturated heterocycles. The van der Waals surface area contributed by atoms with E-state index in [4.69, 9.17) is 4.42 Å². The van der Waals surface area contributed by atoms with E-state index in [1.807, 2.05) is 6.07 Å². The third kappa shape index (κ3) is 4.82. The molecule has 0 aliphatic carbocycles. The molecule has 25 heavy (non-hydrogen) atoms. The van der Waals surface area contributed by atoms with Crippen LogP contribution in [0.5, 0.6) is 0 Å². The summed E-state index contributed by atoms with van der Waals surface area (Å²) in [5, 5.41) is 5.49. The van der Waals surface area contributed by atoms with Gasteiger partial charge in [0, 0.05) is 37.7 Å². The van der Waals surface area contributed by atoms with Crippen LogP contribution < -0.4 is 10.6 Å². The maximum absolute atomic E-state index is 12.9.